The summed E-state index contributed by atoms with van der Waals surface area (Å²) in [6.07, 6.45) is 0. The first-order valence-electron chi connectivity index (χ1n) is 22.0. The molecule has 0 spiro atoms. The van der Waals surface area contributed by atoms with Gasteiger partial charge < -0.3 is 13.6 Å². The van der Waals surface area contributed by atoms with E-state index in [1.54, 1.807) is 0 Å². The highest BCUT2D eigenvalue weighted by atomic mass is 28.3. The molecule has 0 atom stereocenters. The molecular weight excluding hydrogens is 793 g/mol. The molecule has 3 heterocycles. The van der Waals surface area contributed by atoms with Crippen molar-refractivity contribution in [2.24, 2.45) is 0 Å². The third kappa shape index (κ3) is 5.39. The van der Waals surface area contributed by atoms with Crippen LogP contribution in [0.4, 0.5) is 0 Å². The molecule has 0 unspecified atom stereocenters. The smallest absolute Gasteiger partial charge is 0.179 e. The fourth-order valence-electron chi connectivity index (χ4n) is 10.7. The number of nitrogens with zero attached hydrogens (tertiary/aromatic N) is 2. The van der Waals surface area contributed by atoms with Crippen LogP contribution in [0.3, 0.4) is 0 Å². The van der Waals surface area contributed by atoms with E-state index in [4.69, 9.17) is 4.42 Å². The normalized spacial score (nSPS) is 12.1. The molecule has 300 valence electrons. The first-order chi connectivity index (χ1) is 31.8. The number of benzene rings is 10. The third-order valence-corrected chi connectivity index (χ3v) is 18.2. The molecule has 0 N–H and O–H groups in total. The van der Waals surface area contributed by atoms with Crippen LogP contribution in [-0.2, 0) is 0 Å². The van der Waals surface area contributed by atoms with Crippen molar-refractivity contribution >= 4 is 94.4 Å². The minimum atomic E-state index is -2.90. The van der Waals surface area contributed by atoms with Crippen LogP contribution >= 0.6 is 0 Å². The van der Waals surface area contributed by atoms with E-state index in [0.29, 0.717) is 0 Å². The van der Waals surface area contributed by atoms with E-state index in [9.17, 15) is 0 Å². The Hall–Kier alpha value is -8.18. The number of furan rings is 1. The summed E-state index contributed by atoms with van der Waals surface area (Å²) in [5.74, 6) is 0. The van der Waals surface area contributed by atoms with Crippen LogP contribution in [0.15, 0.2) is 247 Å². The van der Waals surface area contributed by atoms with Gasteiger partial charge in [0.15, 0.2) is 8.07 Å². The summed E-state index contributed by atoms with van der Waals surface area (Å²) >= 11 is 0. The quantitative estimate of drug-likeness (QED) is 0.116. The zero-order valence-corrected chi connectivity index (χ0v) is 35.9. The van der Waals surface area contributed by atoms with E-state index < -0.39 is 8.07 Å². The van der Waals surface area contributed by atoms with E-state index in [2.05, 4.69) is 246 Å². The van der Waals surface area contributed by atoms with E-state index in [1.807, 2.05) is 6.07 Å². The van der Waals surface area contributed by atoms with Crippen molar-refractivity contribution in [3.05, 3.63) is 243 Å². The average Bonchev–Trinajstić information content (AvgIpc) is 4.03. The zero-order chi connectivity index (χ0) is 42.2. The second kappa shape index (κ2) is 14.5. The molecule has 0 saturated heterocycles. The Morgan fingerprint density at radius 3 is 1.56 bits per heavy atom. The predicted octanol–water partition coefficient (Wildman–Crippen LogP) is 12.8. The van der Waals surface area contributed by atoms with Gasteiger partial charge in [0, 0.05) is 38.3 Å². The zero-order valence-electron chi connectivity index (χ0n) is 34.9. The summed E-state index contributed by atoms with van der Waals surface area (Å²) in [7, 11) is -2.90. The molecule has 0 radical (unpaired) electrons. The molecule has 0 aliphatic carbocycles. The van der Waals surface area contributed by atoms with Crippen molar-refractivity contribution in [2.45, 2.75) is 0 Å². The molecule has 4 heteroatoms. The minimum absolute atomic E-state index is 0.910. The van der Waals surface area contributed by atoms with Gasteiger partial charge in [0.1, 0.15) is 11.2 Å². The number of fused-ring (bicyclic) bond motifs is 10. The van der Waals surface area contributed by atoms with Crippen molar-refractivity contribution in [2.75, 3.05) is 0 Å². The molecule has 0 bridgehead atoms. The van der Waals surface area contributed by atoms with E-state index in [0.717, 1.165) is 49.7 Å². The van der Waals surface area contributed by atoms with Crippen molar-refractivity contribution in [3.8, 4) is 22.5 Å². The van der Waals surface area contributed by atoms with Crippen LogP contribution in [0, 0.1) is 0 Å². The Morgan fingerprint density at radius 2 is 0.812 bits per heavy atom. The molecule has 0 amide bonds. The number of hydrogen-bond acceptors (Lipinski definition) is 1. The van der Waals surface area contributed by atoms with Crippen molar-refractivity contribution in [3.63, 3.8) is 0 Å². The summed E-state index contributed by atoms with van der Waals surface area (Å²) in [5.41, 5.74) is 11.2. The molecule has 3 aromatic heterocycles. The Kier molecular flexibility index (Phi) is 8.23. The molecule has 0 aliphatic rings. The molecule has 10 aromatic carbocycles. The molecule has 0 fully saturated rings. The van der Waals surface area contributed by atoms with E-state index in [1.165, 1.54) is 59.1 Å². The van der Waals surface area contributed by atoms with Gasteiger partial charge in [0.25, 0.3) is 0 Å². The van der Waals surface area contributed by atoms with Crippen LogP contribution < -0.4 is 20.7 Å². The molecule has 13 aromatic rings. The lowest BCUT2D eigenvalue weighted by Crippen LogP contribution is -2.74. The molecular formula is C60H40N2OSi. The number of hydrogen-bond donors (Lipinski definition) is 0. The van der Waals surface area contributed by atoms with Crippen molar-refractivity contribution in [1.29, 1.82) is 0 Å². The minimum Gasteiger partial charge on any atom is -0.455 e. The van der Waals surface area contributed by atoms with Gasteiger partial charge in [0.05, 0.1) is 27.5 Å². The fourth-order valence-corrected chi connectivity index (χ4v) is 15.5. The largest absolute Gasteiger partial charge is 0.455 e. The maximum Gasteiger partial charge on any atom is 0.179 e. The van der Waals surface area contributed by atoms with Crippen molar-refractivity contribution < 1.29 is 4.42 Å². The highest BCUT2D eigenvalue weighted by Gasteiger charge is 2.42. The first kappa shape index (κ1) is 36.5. The van der Waals surface area contributed by atoms with Crippen molar-refractivity contribution in [1.82, 2.24) is 9.13 Å². The Bertz CT molecular complexity index is 3860. The summed E-state index contributed by atoms with van der Waals surface area (Å²) < 4.78 is 11.5. The second-order valence-electron chi connectivity index (χ2n) is 16.8. The number of rotatable bonds is 7. The maximum absolute atomic E-state index is 6.63. The van der Waals surface area contributed by atoms with Gasteiger partial charge in [-0.05, 0) is 92.5 Å². The lowest BCUT2D eigenvalue weighted by Gasteiger charge is -2.35. The number of aromatic nitrogens is 2. The standard InChI is InChI=1S/C60H40N2OSi/c1-4-18-41(19-5-1)42-20-16-26-47(38-42)64(45-22-6-2-7-23-45,46-24-8-3-9-25-46)48-27-17-21-43(39-48)61-54-31-13-10-28-49(54)53-40-44(34-36-56(53)61)62-55-32-14-11-30-52(55)59-57(62)37-35-51-50-29-12-15-33-58(50)63-60(51)59/h1-40H. The summed E-state index contributed by atoms with van der Waals surface area (Å²) in [6, 6.07) is 89.3. The Labute approximate surface area is 371 Å². The molecule has 13 rings (SSSR count). The SMILES string of the molecule is c1ccc(-c2cccc([Si](c3ccccc3)(c3ccccc3)c3cccc(-n4c5ccccc5c5cc(-n6c7ccccc7c7c8oc9ccccc9c8ccc76)ccc54)c3)c2)cc1. The van der Waals surface area contributed by atoms with Gasteiger partial charge in [-0.15, -0.1) is 0 Å². The van der Waals surface area contributed by atoms with Crippen LogP contribution in [0.1, 0.15) is 0 Å². The first-order valence-corrected chi connectivity index (χ1v) is 24.0. The van der Waals surface area contributed by atoms with Crippen LogP contribution in [0.2, 0.25) is 0 Å². The average molecular weight is 833 g/mol. The molecule has 0 saturated carbocycles. The van der Waals surface area contributed by atoms with E-state index >= 15 is 0 Å². The monoisotopic (exact) mass is 832 g/mol. The van der Waals surface area contributed by atoms with Gasteiger partial charge in [0.2, 0.25) is 0 Å². The maximum atomic E-state index is 6.63. The topological polar surface area (TPSA) is 23.0 Å². The van der Waals surface area contributed by atoms with Gasteiger partial charge in [-0.3, -0.25) is 0 Å². The Morgan fingerprint density at radius 1 is 0.297 bits per heavy atom. The lowest BCUT2D eigenvalue weighted by atomic mass is 10.1. The lowest BCUT2D eigenvalue weighted by molar-refractivity contribution is 0.673. The number of para-hydroxylation sites is 3. The molecule has 3 nitrogen and oxygen atoms in total. The van der Waals surface area contributed by atoms with Crippen LogP contribution in [0.5, 0.6) is 0 Å². The summed E-state index contributed by atoms with van der Waals surface area (Å²) in [5, 5.41) is 12.4. The van der Waals surface area contributed by atoms with E-state index in [-0.39, 0.29) is 0 Å². The highest BCUT2D eigenvalue weighted by molar-refractivity contribution is 7.20. The van der Waals surface area contributed by atoms with Gasteiger partial charge >= 0.3 is 0 Å². The summed E-state index contributed by atoms with van der Waals surface area (Å²) in [4.78, 5) is 0. The fraction of sp³-hybridized carbons (Fsp3) is 0. The van der Waals surface area contributed by atoms with Gasteiger partial charge in [-0.25, -0.2) is 0 Å². The summed E-state index contributed by atoms with van der Waals surface area (Å²) in [6.45, 7) is 0. The van der Waals surface area contributed by atoms with Crippen LogP contribution in [0.25, 0.3) is 88.1 Å². The Balaban J connectivity index is 1.04. The van der Waals surface area contributed by atoms with Crippen LogP contribution in [-0.4, -0.2) is 17.2 Å². The highest BCUT2D eigenvalue weighted by Crippen LogP contribution is 2.41. The van der Waals surface area contributed by atoms with Gasteiger partial charge in [-0.1, -0.05) is 182 Å². The predicted molar refractivity (Wildman–Crippen MR) is 271 cm³/mol. The third-order valence-electron chi connectivity index (χ3n) is 13.4. The second-order valence-corrected chi connectivity index (χ2v) is 20.6. The van der Waals surface area contributed by atoms with Gasteiger partial charge in [-0.2, -0.15) is 0 Å². The molecule has 64 heavy (non-hydrogen) atoms. The molecule has 0 aliphatic heterocycles.